The molecule has 0 bridgehead atoms. The van der Waals surface area contributed by atoms with Gasteiger partial charge >= 0.3 is 0 Å². The Hall–Kier alpha value is -0.120. The van der Waals surface area contributed by atoms with Crippen molar-refractivity contribution in [2.24, 2.45) is 5.73 Å². The topological polar surface area (TPSA) is 32.5 Å². The van der Waals surface area contributed by atoms with E-state index >= 15 is 0 Å². The summed E-state index contributed by atoms with van der Waals surface area (Å²) in [5.74, 6) is 0. The van der Waals surface area contributed by atoms with Crippen LogP contribution in [0.4, 0.5) is 0 Å². The van der Waals surface area contributed by atoms with Gasteiger partial charge in [-0.25, -0.2) is 0 Å². The van der Waals surface area contributed by atoms with Crippen molar-refractivity contribution in [2.75, 3.05) is 34.2 Å². The summed E-state index contributed by atoms with van der Waals surface area (Å²) in [4.78, 5) is 4.76. The first-order valence-corrected chi connectivity index (χ1v) is 5.90. The second-order valence-corrected chi connectivity index (χ2v) is 6.13. The molecule has 3 heteroatoms. The summed E-state index contributed by atoms with van der Waals surface area (Å²) >= 11 is 0. The molecule has 0 atom stereocenters. The number of hydrogen-bond acceptors (Lipinski definition) is 3. The van der Waals surface area contributed by atoms with Gasteiger partial charge in [0.25, 0.3) is 0 Å². The first kappa shape index (κ1) is 12.9. The van der Waals surface area contributed by atoms with E-state index in [-0.39, 0.29) is 5.54 Å². The predicted octanol–water partition coefficient (Wildman–Crippen LogP) is 1.14. The number of likely N-dealkylation sites (N-methyl/N-ethyl adjacent to an activating group) is 2. The molecule has 0 saturated heterocycles. The van der Waals surface area contributed by atoms with Gasteiger partial charge in [-0.15, -0.1) is 0 Å². The first-order valence-electron chi connectivity index (χ1n) is 5.90. The molecule has 0 radical (unpaired) electrons. The number of nitrogens with zero attached hydrogens (tertiary/aromatic N) is 2. The molecule has 1 aliphatic carbocycles. The molecule has 90 valence electrons. The van der Waals surface area contributed by atoms with Crippen LogP contribution in [0.1, 0.15) is 33.1 Å². The van der Waals surface area contributed by atoms with E-state index < -0.39 is 0 Å². The Kier molecular flexibility index (Phi) is 3.80. The fraction of sp³-hybridized carbons (Fsp3) is 1.00. The lowest BCUT2D eigenvalue weighted by atomic mass is 9.75. The fourth-order valence-electron chi connectivity index (χ4n) is 2.59. The molecule has 0 unspecified atom stereocenters. The van der Waals surface area contributed by atoms with Crippen molar-refractivity contribution in [1.29, 1.82) is 0 Å². The molecule has 1 aliphatic rings. The van der Waals surface area contributed by atoms with E-state index in [1.807, 2.05) is 0 Å². The van der Waals surface area contributed by atoms with E-state index in [9.17, 15) is 0 Å². The van der Waals surface area contributed by atoms with Crippen molar-refractivity contribution in [3.8, 4) is 0 Å². The van der Waals surface area contributed by atoms with Gasteiger partial charge in [-0.3, -0.25) is 0 Å². The predicted molar refractivity (Wildman–Crippen MR) is 66.0 cm³/mol. The third-order valence-corrected chi connectivity index (χ3v) is 3.47. The SMILES string of the molecule is CN(CC(C)(C)N)CC1(N(C)C)CCC1. The molecule has 0 spiro atoms. The molecule has 0 heterocycles. The zero-order chi connectivity index (χ0) is 11.7. The highest BCUT2D eigenvalue weighted by atomic mass is 15.2. The van der Waals surface area contributed by atoms with Gasteiger partial charge in [0, 0.05) is 24.2 Å². The molecule has 15 heavy (non-hydrogen) atoms. The van der Waals surface area contributed by atoms with Crippen LogP contribution in [0.25, 0.3) is 0 Å². The van der Waals surface area contributed by atoms with Crippen LogP contribution in [0, 0.1) is 0 Å². The zero-order valence-electron chi connectivity index (χ0n) is 11.0. The molecular formula is C12H27N3. The lowest BCUT2D eigenvalue weighted by molar-refractivity contribution is 0.0239. The summed E-state index contributed by atoms with van der Waals surface area (Å²) in [6.07, 6.45) is 4.03. The maximum absolute atomic E-state index is 6.04. The fourth-order valence-corrected chi connectivity index (χ4v) is 2.59. The average molecular weight is 213 g/mol. The van der Waals surface area contributed by atoms with E-state index in [2.05, 4.69) is 44.8 Å². The maximum atomic E-state index is 6.04. The summed E-state index contributed by atoms with van der Waals surface area (Å²) < 4.78 is 0. The van der Waals surface area contributed by atoms with Crippen LogP contribution in [-0.4, -0.2) is 55.1 Å². The molecule has 2 N–H and O–H groups in total. The van der Waals surface area contributed by atoms with E-state index in [4.69, 9.17) is 5.73 Å². The minimum atomic E-state index is -0.0913. The second kappa shape index (κ2) is 4.40. The molecule has 3 nitrogen and oxygen atoms in total. The number of hydrogen-bond donors (Lipinski definition) is 1. The van der Waals surface area contributed by atoms with Crippen LogP contribution in [0.15, 0.2) is 0 Å². The van der Waals surface area contributed by atoms with Crippen molar-refractivity contribution in [3.63, 3.8) is 0 Å². The van der Waals surface area contributed by atoms with Crippen LogP contribution >= 0.6 is 0 Å². The normalized spacial score (nSPS) is 20.8. The lowest BCUT2D eigenvalue weighted by Crippen LogP contribution is -2.58. The summed E-state index contributed by atoms with van der Waals surface area (Å²) in [6.45, 7) is 6.28. The first-order chi connectivity index (χ1) is 6.75. The van der Waals surface area contributed by atoms with Gasteiger partial charge in [-0.05, 0) is 54.3 Å². The summed E-state index contributed by atoms with van der Waals surface area (Å²) in [7, 11) is 6.57. The second-order valence-electron chi connectivity index (χ2n) is 6.13. The van der Waals surface area contributed by atoms with E-state index in [1.165, 1.54) is 19.3 Å². The van der Waals surface area contributed by atoms with Gasteiger partial charge in [0.05, 0.1) is 0 Å². The van der Waals surface area contributed by atoms with Crippen molar-refractivity contribution >= 4 is 0 Å². The largest absolute Gasteiger partial charge is 0.324 e. The van der Waals surface area contributed by atoms with Gasteiger partial charge < -0.3 is 15.5 Å². The van der Waals surface area contributed by atoms with Crippen LogP contribution in [0.2, 0.25) is 0 Å². The average Bonchev–Trinajstić information content (AvgIpc) is 1.92. The maximum Gasteiger partial charge on any atom is 0.0330 e. The highest BCUT2D eigenvalue weighted by Gasteiger charge is 2.40. The molecule has 1 saturated carbocycles. The monoisotopic (exact) mass is 213 g/mol. The van der Waals surface area contributed by atoms with Gasteiger partial charge in [0.2, 0.25) is 0 Å². The Morgan fingerprint density at radius 2 is 1.73 bits per heavy atom. The van der Waals surface area contributed by atoms with Gasteiger partial charge in [0.15, 0.2) is 0 Å². The molecule has 0 aromatic carbocycles. The van der Waals surface area contributed by atoms with Crippen molar-refractivity contribution in [3.05, 3.63) is 0 Å². The minimum absolute atomic E-state index is 0.0913. The highest BCUT2D eigenvalue weighted by Crippen LogP contribution is 2.36. The van der Waals surface area contributed by atoms with E-state index in [0.29, 0.717) is 5.54 Å². The highest BCUT2D eigenvalue weighted by molar-refractivity contribution is 4.98. The van der Waals surface area contributed by atoms with Crippen molar-refractivity contribution in [2.45, 2.75) is 44.2 Å². The Morgan fingerprint density at radius 1 is 1.20 bits per heavy atom. The Morgan fingerprint density at radius 3 is 2.00 bits per heavy atom. The van der Waals surface area contributed by atoms with Crippen LogP contribution in [-0.2, 0) is 0 Å². The van der Waals surface area contributed by atoms with Gasteiger partial charge in [0.1, 0.15) is 0 Å². The van der Waals surface area contributed by atoms with Crippen LogP contribution in [0.3, 0.4) is 0 Å². The quantitative estimate of drug-likeness (QED) is 0.743. The minimum Gasteiger partial charge on any atom is -0.324 e. The number of nitrogens with two attached hydrogens (primary N) is 1. The van der Waals surface area contributed by atoms with Crippen molar-refractivity contribution in [1.82, 2.24) is 9.80 Å². The standard InChI is InChI=1S/C12H27N3/c1-11(2,13)9-15(5)10-12(14(3)4)7-6-8-12/h6-10,13H2,1-5H3. The van der Waals surface area contributed by atoms with Gasteiger partial charge in [-0.1, -0.05) is 0 Å². The third-order valence-electron chi connectivity index (χ3n) is 3.47. The molecule has 0 aliphatic heterocycles. The van der Waals surface area contributed by atoms with Crippen molar-refractivity contribution < 1.29 is 0 Å². The lowest BCUT2D eigenvalue weighted by Gasteiger charge is -2.49. The Balaban J connectivity index is 2.46. The summed E-state index contributed by atoms with van der Waals surface area (Å²) in [5.41, 5.74) is 6.36. The number of rotatable bonds is 5. The van der Waals surface area contributed by atoms with Gasteiger partial charge in [-0.2, -0.15) is 0 Å². The molecule has 0 amide bonds. The summed E-state index contributed by atoms with van der Waals surface area (Å²) in [6, 6.07) is 0. The smallest absolute Gasteiger partial charge is 0.0330 e. The molecule has 1 rings (SSSR count). The molecule has 1 fully saturated rings. The molecular weight excluding hydrogens is 186 g/mol. The van der Waals surface area contributed by atoms with E-state index in [1.54, 1.807) is 0 Å². The Bertz CT molecular complexity index is 201. The van der Waals surface area contributed by atoms with Crippen LogP contribution < -0.4 is 5.73 Å². The summed E-state index contributed by atoms with van der Waals surface area (Å²) in [5, 5.41) is 0. The third kappa shape index (κ3) is 3.44. The molecule has 0 aromatic rings. The zero-order valence-corrected chi connectivity index (χ0v) is 11.0. The molecule has 0 aromatic heterocycles. The Labute approximate surface area is 94.6 Å². The van der Waals surface area contributed by atoms with Crippen LogP contribution in [0.5, 0.6) is 0 Å². The van der Waals surface area contributed by atoms with E-state index in [0.717, 1.165) is 13.1 Å².